The molecule has 3 rings (SSSR count). The van der Waals surface area contributed by atoms with Crippen molar-refractivity contribution in [2.24, 2.45) is 0 Å². The summed E-state index contributed by atoms with van der Waals surface area (Å²) in [5.74, 6) is -0.303. The maximum Gasteiger partial charge on any atom is 0.254 e. The Balaban J connectivity index is 1.85. The van der Waals surface area contributed by atoms with Gasteiger partial charge in [0, 0.05) is 25.2 Å². The SMILES string of the molecule is CN1CCN(C(=O)c2ccc(C(C)(C)C)c(F)c2)C2(CC2)C1. The second-order valence-corrected chi connectivity index (χ2v) is 7.86. The summed E-state index contributed by atoms with van der Waals surface area (Å²) in [6.07, 6.45) is 2.12. The lowest BCUT2D eigenvalue weighted by Gasteiger charge is -2.41. The van der Waals surface area contributed by atoms with E-state index in [1.54, 1.807) is 12.1 Å². The summed E-state index contributed by atoms with van der Waals surface area (Å²) in [7, 11) is 2.10. The molecule has 0 unspecified atom stereocenters. The van der Waals surface area contributed by atoms with Gasteiger partial charge in [0.25, 0.3) is 5.91 Å². The third kappa shape index (κ3) is 2.65. The number of hydrogen-bond donors (Lipinski definition) is 0. The number of hydrogen-bond acceptors (Lipinski definition) is 2. The van der Waals surface area contributed by atoms with Crippen LogP contribution in [0.25, 0.3) is 0 Å². The molecule has 1 amide bonds. The number of piperazine rings is 1. The fourth-order valence-electron chi connectivity index (χ4n) is 3.48. The fourth-order valence-corrected chi connectivity index (χ4v) is 3.48. The Morgan fingerprint density at radius 2 is 1.91 bits per heavy atom. The zero-order valence-corrected chi connectivity index (χ0v) is 13.9. The number of benzene rings is 1. The van der Waals surface area contributed by atoms with Crippen LogP contribution in [0.4, 0.5) is 4.39 Å². The highest BCUT2D eigenvalue weighted by Crippen LogP contribution is 2.44. The highest BCUT2D eigenvalue weighted by Gasteiger charge is 2.52. The smallest absolute Gasteiger partial charge is 0.254 e. The van der Waals surface area contributed by atoms with Crippen LogP contribution in [0.1, 0.15) is 49.5 Å². The lowest BCUT2D eigenvalue weighted by atomic mass is 9.86. The van der Waals surface area contributed by atoms with Gasteiger partial charge in [0.15, 0.2) is 0 Å². The Hall–Kier alpha value is -1.42. The standard InChI is InChI=1S/C18H25FN2O/c1-17(2,3)14-6-5-13(11-15(14)19)16(22)21-10-9-20(4)12-18(21)7-8-18/h5-6,11H,7-10,12H2,1-4H3. The molecule has 1 spiro atoms. The van der Waals surface area contributed by atoms with E-state index in [1.807, 2.05) is 25.7 Å². The molecule has 0 aromatic heterocycles. The van der Waals surface area contributed by atoms with E-state index < -0.39 is 0 Å². The molecule has 2 fully saturated rings. The van der Waals surface area contributed by atoms with Crippen LogP contribution in [0.2, 0.25) is 0 Å². The van der Waals surface area contributed by atoms with Crippen LogP contribution in [0.5, 0.6) is 0 Å². The molecule has 0 radical (unpaired) electrons. The van der Waals surface area contributed by atoms with Crippen molar-refractivity contribution < 1.29 is 9.18 Å². The molecule has 1 aromatic rings. The van der Waals surface area contributed by atoms with Crippen LogP contribution in [-0.4, -0.2) is 47.9 Å². The maximum absolute atomic E-state index is 14.4. The monoisotopic (exact) mass is 304 g/mol. The van der Waals surface area contributed by atoms with Crippen molar-refractivity contribution in [2.75, 3.05) is 26.7 Å². The van der Waals surface area contributed by atoms with Gasteiger partial charge < -0.3 is 9.80 Å². The number of halogens is 1. The van der Waals surface area contributed by atoms with E-state index in [0.29, 0.717) is 11.1 Å². The van der Waals surface area contributed by atoms with E-state index in [-0.39, 0.29) is 22.7 Å². The Kier molecular flexibility index (Phi) is 3.55. The zero-order valence-electron chi connectivity index (χ0n) is 13.9. The number of carbonyl (C=O) groups excluding carboxylic acids is 1. The predicted molar refractivity (Wildman–Crippen MR) is 85.6 cm³/mol. The molecule has 0 bridgehead atoms. The van der Waals surface area contributed by atoms with Crippen molar-refractivity contribution in [3.05, 3.63) is 35.1 Å². The summed E-state index contributed by atoms with van der Waals surface area (Å²) in [6.45, 7) is 8.49. The van der Waals surface area contributed by atoms with Gasteiger partial charge in [0.05, 0.1) is 5.54 Å². The third-order valence-electron chi connectivity index (χ3n) is 4.94. The number of rotatable bonds is 1. The molecule has 1 saturated heterocycles. The fraction of sp³-hybridized carbons (Fsp3) is 0.611. The van der Waals surface area contributed by atoms with Gasteiger partial charge in [0.1, 0.15) is 5.82 Å². The largest absolute Gasteiger partial charge is 0.330 e. The Morgan fingerprint density at radius 1 is 1.23 bits per heavy atom. The van der Waals surface area contributed by atoms with E-state index in [9.17, 15) is 9.18 Å². The Labute approximate surface area is 132 Å². The summed E-state index contributed by atoms with van der Waals surface area (Å²) < 4.78 is 14.4. The van der Waals surface area contributed by atoms with E-state index in [1.165, 1.54) is 6.07 Å². The number of nitrogens with zero attached hydrogens (tertiary/aromatic N) is 2. The molecule has 1 heterocycles. The molecule has 1 aliphatic carbocycles. The molecule has 1 saturated carbocycles. The van der Waals surface area contributed by atoms with Gasteiger partial charge in [-0.05, 0) is 43.0 Å². The average Bonchev–Trinajstić information content (AvgIpc) is 3.16. The second kappa shape index (κ2) is 5.05. The van der Waals surface area contributed by atoms with Crippen LogP contribution < -0.4 is 0 Å². The van der Waals surface area contributed by atoms with Crippen molar-refractivity contribution in [3.63, 3.8) is 0 Å². The molecule has 1 aromatic carbocycles. The quantitative estimate of drug-likeness (QED) is 0.796. The van der Waals surface area contributed by atoms with Crippen molar-refractivity contribution in [1.29, 1.82) is 0 Å². The molecule has 2 aliphatic rings. The molecule has 4 heteroatoms. The van der Waals surface area contributed by atoms with Gasteiger partial charge in [-0.15, -0.1) is 0 Å². The molecule has 0 N–H and O–H groups in total. The van der Waals surface area contributed by atoms with Crippen molar-refractivity contribution in [1.82, 2.24) is 9.80 Å². The van der Waals surface area contributed by atoms with E-state index in [4.69, 9.17) is 0 Å². The second-order valence-electron chi connectivity index (χ2n) is 7.86. The van der Waals surface area contributed by atoms with Gasteiger partial charge >= 0.3 is 0 Å². The minimum absolute atomic E-state index is 0.00323. The number of carbonyl (C=O) groups is 1. The summed E-state index contributed by atoms with van der Waals surface area (Å²) in [5.41, 5.74) is 0.880. The van der Waals surface area contributed by atoms with Crippen LogP contribution in [0.3, 0.4) is 0 Å². The van der Waals surface area contributed by atoms with Crippen LogP contribution in [0.15, 0.2) is 18.2 Å². The lowest BCUT2D eigenvalue weighted by molar-refractivity contribution is 0.0441. The van der Waals surface area contributed by atoms with Gasteiger partial charge in [-0.2, -0.15) is 0 Å². The molecule has 120 valence electrons. The summed E-state index contributed by atoms with van der Waals surface area (Å²) in [6, 6.07) is 4.95. The minimum atomic E-state index is -0.280. The highest BCUT2D eigenvalue weighted by molar-refractivity contribution is 5.95. The molecule has 3 nitrogen and oxygen atoms in total. The molecular formula is C18H25FN2O. The normalized spacial score (nSPS) is 21.2. The van der Waals surface area contributed by atoms with Gasteiger partial charge in [-0.1, -0.05) is 26.8 Å². The zero-order chi connectivity index (χ0) is 16.1. The molecule has 22 heavy (non-hydrogen) atoms. The van der Waals surface area contributed by atoms with Gasteiger partial charge in [0.2, 0.25) is 0 Å². The van der Waals surface area contributed by atoms with Gasteiger partial charge in [-0.3, -0.25) is 4.79 Å². The third-order valence-corrected chi connectivity index (χ3v) is 4.94. The van der Waals surface area contributed by atoms with Crippen molar-refractivity contribution in [3.8, 4) is 0 Å². The lowest BCUT2D eigenvalue weighted by Crippen LogP contribution is -2.55. The van der Waals surface area contributed by atoms with Crippen LogP contribution in [-0.2, 0) is 5.41 Å². The Morgan fingerprint density at radius 3 is 2.45 bits per heavy atom. The van der Waals surface area contributed by atoms with Crippen molar-refractivity contribution >= 4 is 5.91 Å². The van der Waals surface area contributed by atoms with E-state index >= 15 is 0 Å². The maximum atomic E-state index is 14.4. The molecule has 1 aliphatic heterocycles. The minimum Gasteiger partial charge on any atom is -0.330 e. The highest BCUT2D eigenvalue weighted by atomic mass is 19.1. The Bertz CT molecular complexity index is 602. The first-order chi connectivity index (χ1) is 10.2. The van der Waals surface area contributed by atoms with Crippen LogP contribution >= 0.6 is 0 Å². The first-order valence-corrected chi connectivity index (χ1v) is 8.03. The first-order valence-electron chi connectivity index (χ1n) is 8.03. The molecule has 0 atom stereocenters. The molecular weight excluding hydrogens is 279 g/mol. The summed E-state index contributed by atoms with van der Waals surface area (Å²) >= 11 is 0. The first kappa shape index (κ1) is 15.5. The van der Waals surface area contributed by atoms with Crippen molar-refractivity contribution in [2.45, 2.75) is 44.6 Å². The summed E-state index contributed by atoms with van der Waals surface area (Å²) in [4.78, 5) is 17.1. The van der Waals surface area contributed by atoms with E-state index in [2.05, 4.69) is 11.9 Å². The average molecular weight is 304 g/mol. The van der Waals surface area contributed by atoms with Crippen LogP contribution in [0, 0.1) is 5.82 Å². The predicted octanol–water partition coefficient (Wildman–Crippen LogP) is 3.04. The van der Waals surface area contributed by atoms with Gasteiger partial charge in [-0.25, -0.2) is 4.39 Å². The number of amides is 1. The number of likely N-dealkylation sites (N-methyl/N-ethyl adjacent to an activating group) is 1. The van der Waals surface area contributed by atoms with E-state index in [0.717, 1.165) is 32.5 Å². The topological polar surface area (TPSA) is 23.6 Å². The summed E-state index contributed by atoms with van der Waals surface area (Å²) in [5, 5.41) is 0.